The lowest BCUT2D eigenvalue weighted by Crippen LogP contribution is -2.14. The Kier molecular flexibility index (Phi) is 5.22. The molecule has 0 aliphatic carbocycles. The van der Waals surface area contributed by atoms with Crippen molar-refractivity contribution in [1.82, 2.24) is 15.2 Å². The van der Waals surface area contributed by atoms with Crippen molar-refractivity contribution in [3.05, 3.63) is 45.8 Å². The van der Waals surface area contributed by atoms with E-state index in [9.17, 15) is 4.79 Å². The molecule has 0 aliphatic rings. The lowest BCUT2D eigenvalue weighted by atomic mass is 10.3. The molecule has 3 aromatic rings. The van der Waals surface area contributed by atoms with Crippen LogP contribution in [0.2, 0.25) is 10.0 Å². The lowest BCUT2D eigenvalue weighted by Gasteiger charge is -2.06. The summed E-state index contributed by atoms with van der Waals surface area (Å²) in [5, 5.41) is 13.1. The summed E-state index contributed by atoms with van der Waals surface area (Å²) < 4.78 is 0. The molecule has 0 unspecified atom stereocenters. The van der Waals surface area contributed by atoms with Gasteiger partial charge in [0.25, 0.3) is 0 Å². The number of carbonyl (C=O) groups is 1. The average Bonchev–Trinajstić information content (AvgIpc) is 3.18. The second-order valence-corrected chi connectivity index (χ2v) is 7.14. The van der Waals surface area contributed by atoms with Gasteiger partial charge in [0, 0.05) is 5.02 Å². The van der Waals surface area contributed by atoms with E-state index in [1.54, 1.807) is 29.5 Å². The third kappa shape index (κ3) is 4.26. The number of carbonyl (C=O) groups excluding carboxylic acids is 1. The van der Waals surface area contributed by atoms with Gasteiger partial charge >= 0.3 is 0 Å². The molecule has 0 radical (unpaired) electrons. The van der Waals surface area contributed by atoms with Gasteiger partial charge in [0.15, 0.2) is 5.82 Å². The summed E-state index contributed by atoms with van der Waals surface area (Å²) in [5.41, 5.74) is 0.524. The highest BCUT2D eigenvalue weighted by Gasteiger charge is 2.11. The number of anilines is 1. The van der Waals surface area contributed by atoms with Crippen molar-refractivity contribution < 1.29 is 4.79 Å². The van der Waals surface area contributed by atoms with Crippen molar-refractivity contribution in [1.29, 1.82) is 0 Å². The molecular formula is C14H10Cl2N4OS2. The standard InChI is InChI=1S/C14H10Cl2N4OS2/c15-8-3-4-10(9(16)6-8)17-12(21)7-23-14-18-13(19-20-14)11-2-1-5-22-11/h1-6H,7H2,(H,17,21)(H,18,19,20). The van der Waals surface area contributed by atoms with E-state index in [-0.39, 0.29) is 11.7 Å². The van der Waals surface area contributed by atoms with E-state index in [4.69, 9.17) is 23.2 Å². The summed E-state index contributed by atoms with van der Waals surface area (Å²) in [6.45, 7) is 0. The van der Waals surface area contributed by atoms with Crippen molar-refractivity contribution >= 4 is 57.9 Å². The number of rotatable bonds is 5. The first kappa shape index (κ1) is 16.3. The van der Waals surface area contributed by atoms with Gasteiger partial charge in [0.1, 0.15) is 0 Å². The van der Waals surface area contributed by atoms with Crippen LogP contribution in [0.5, 0.6) is 0 Å². The molecule has 2 N–H and O–H groups in total. The van der Waals surface area contributed by atoms with E-state index in [1.165, 1.54) is 11.8 Å². The van der Waals surface area contributed by atoms with E-state index >= 15 is 0 Å². The Balaban J connectivity index is 1.57. The van der Waals surface area contributed by atoms with Crippen LogP contribution in [0.15, 0.2) is 40.9 Å². The lowest BCUT2D eigenvalue weighted by molar-refractivity contribution is -0.113. The van der Waals surface area contributed by atoms with Crippen LogP contribution in [0.1, 0.15) is 0 Å². The molecule has 3 rings (SSSR count). The topological polar surface area (TPSA) is 70.7 Å². The number of aromatic nitrogens is 3. The SMILES string of the molecule is O=C(CSc1n[nH]c(-c2cccs2)n1)Nc1ccc(Cl)cc1Cl. The van der Waals surface area contributed by atoms with Gasteiger partial charge in [0.05, 0.1) is 21.3 Å². The summed E-state index contributed by atoms with van der Waals surface area (Å²) in [5.74, 6) is 0.686. The average molecular weight is 385 g/mol. The Morgan fingerprint density at radius 1 is 1.35 bits per heavy atom. The Labute approximate surface area is 150 Å². The van der Waals surface area contributed by atoms with E-state index in [0.717, 1.165) is 4.88 Å². The van der Waals surface area contributed by atoms with Crippen LogP contribution >= 0.6 is 46.3 Å². The Bertz CT molecular complexity index is 820. The van der Waals surface area contributed by atoms with Gasteiger partial charge in [-0.05, 0) is 29.6 Å². The molecule has 118 valence electrons. The first-order valence-corrected chi connectivity index (χ1v) is 9.08. The molecule has 2 heterocycles. The molecule has 0 spiro atoms. The second-order valence-electron chi connectivity index (χ2n) is 4.40. The fraction of sp³-hybridized carbons (Fsp3) is 0.0714. The molecule has 0 saturated carbocycles. The monoisotopic (exact) mass is 384 g/mol. The summed E-state index contributed by atoms with van der Waals surface area (Å²) in [6.07, 6.45) is 0. The smallest absolute Gasteiger partial charge is 0.234 e. The fourth-order valence-electron chi connectivity index (χ4n) is 1.74. The number of amides is 1. The Morgan fingerprint density at radius 2 is 2.22 bits per heavy atom. The predicted molar refractivity (Wildman–Crippen MR) is 95.5 cm³/mol. The highest BCUT2D eigenvalue weighted by Crippen LogP contribution is 2.26. The fourth-order valence-corrected chi connectivity index (χ4v) is 3.46. The van der Waals surface area contributed by atoms with Crippen LogP contribution in [-0.2, 0) is 4.79 Å². The number of aromatic amines is 1. The van der Waals surface area contributed by atoms with Crippen molar-refractivity contribution in [2.24, 2.45) is 0 Å². The third-order valence-electron chi connectivity index (χ3n) is 2.76. The molecule has 1 aromatic carbocycles. The Morgan fingerprint density at radius 3 is 2.96 bits per heavy atom. The molecule has 0 aliphatic heterocycles. The van der Waals surface area contributed by atoms with E-state index < -0.39 is 0 Å². The van der Waals surface area contributed by atoms with Gasteiger partial charge < -0.3 is 5.32 Å². The van der Waals surface area contributed by atoms with E-state index in [1.807, 2.05) is 17.5 Å². The van der Waals surface area contributed by atoms with Crippen molar-refractivity contribution in [2.75, 3.05) is 11.1 Å². The molecule has 0 fully saturated rings. The van der Waals surface area contributed by atoms with Gasteiger partial charge in [-0.25, -0.2) is 4.98 Å². The number of H-pyrrole nitrogens is 1. The van der Waals surface area contributed by atoms with E-state index in [2.05, 4.69) is 20.5 Å². The largest absolute Gasteiger partial charge is 0.324 e. The highest BCUT2D eigenvalue weighted by molar-refractivity contribution is 7.99. The highest BCUT2D eigenvalue weighted by atomic mass is 35.5. The number of hydrogen-bond donors (Lipinski definition) is 2. The zero-order chi connectivity index (χ0) is 16.2. The zero-order valence-corrected chi connectivity index (χ0v) is 14.7. The first-order valence-electron chi connectivity index (χ1n) is 6.46. The van der Waals surface area contributed by atoms with Crippen LogP contribution in [0.4, 0.5) is 5.69 Å². The molecule has 0 saturated heterocycles. The number of nitrogens with one attached hydrogen (secondary N) is 2. The quantitative estimate of drug-likeness (QED) is 0.631. The number of halogens is 2. The van der Waals surface area contributed by atoms with Gasteiger partial charge in [0.2, 0.25) is 11.1 Å². The molecule has 1 amide bonds. The molecule has 0 bridgehead atoms. The van der Waals surface area contributed by atoms with Crippen LogP contribution in [0.3, 0.4) is 0 Å². The van der Waals surface area contributed by atoms with Gasteiger partial charge in [-0.1, -0.05) is 41.0 Å². The minimum atomic E-state index is -0.193. The Hall–Kier alpha value is -1.54. The van der Waals surface area contributed by atoms with Crippen LogP contribution in [0.25, 0.3) is 10.7 Å². The maximum Gasteiger partial charge on any atom is 0.234 e. The summed E-state index contributed by atoms with van der Waals surface area (Å²) in [7, 11) is 0. The normalized spacial score (nSPS) is 10.7. The maximum atomic E-state index is 12.0. The van der Waals surface area contributed by atoms with Gasteiger partial charge in [-0.3, -0.25) is 9.89 Å². The molecule has 9 heteroatoms. The molecule has 0 atom stereocenters. The molecule has 23 heavy (non-hydrogen) atoms. The van der Waals surface area contributed by atoms with Crippen molar-refractivity contribution in [3.8, 4) is 10.7 Å². The molecule has 2 aromatic heterocycles. The number of nitrogens with zero attached hydrogens (tertiary/aromatic N) is 2. The summed E-state index contributed by atoms with van der Waals surface area (Å²) >= 11 is 14.7. The summed E-state index contributed by atoms with van der Waals surface area (Å²) in [6, 6.07) is 8.80. The van der Waals surface area contributed by atoms with Crippen LogP contribution in [0, 0.1) is 0 Å². The van der Waals surface area contributed by atoms with Gasteiger partial charge in [-0.15, -0.1) is 16.4 Å². The predicted octanol–water partition coefficient (Wildman–Crippen LogP) is 4.57. The number of thioether (sulfide) groups is 1. The van der Waals surface area contributed by atoms with Crippen LogP contribution in [-0.4, -0.2) is 26.8 Å². The van der Waals surface area contributed by atoms with Crippen LogP contribution < -0.4 is 5.32 Å². The van der Waals surface area contributed by atoms with Crippen molar-refractivity contribution in [3.63, 3.8) is 0 Å². The van der Waals surface area contributed by atoms with Crippen molar-refractivity contribution in [2.45, 2.75) is 5.16 Å². The minimum absolute atomic E-state index is 0.181. The zero-order valence-electron chi connectivity index (χ0n) is 11.5. The number of hydrogen-bond acceptors (Lipinski definition) is 5. The number of benzene rings is 1. The number of thiophene rings is 1. The van der Waals surface area contributed by atoms with E-state index in [0.29, 0.717) is 26.7 Å². The molecular weight excluding hydrogens is 375 g/mol. The second kappa shape index (κ2) is 7.35. The third-order valence-corrected chi connectivity index (χ3v) is 5.03. The summed E-state index contributed by atoms with van der Waals surface area (Å²) in [4.78, 5) is 17.3. The minimum Gasteiger partial charge on any atom is -0.324 e. The first-order chi connectivity index (χ1) is 11.1. The van der Waals surface area contributed by atoms with Gasteiger partial charge in [-0.2, -0.15) is 0 Å². The molecule has 5 nitrogen and oxygen atoms in total. The maximum absolute atomic E-state index is 12.0.